The second-order valence-electron chi connectivity index (χ2n) is 8.66. The minimum absolute atomic E-state index is 0.222. The molecule has 1 amide bonds. The van der Waals surface area contributed by atoms with E-state index in [2.05, 4.69) is 48.7 Å². The molecule has 0 saturated heterocycles. The molecule has 1 atom stereocenters. The lowest BCUT2D eigenvalue weighted by Gasteiger charge is -2.20. The molecular weight excluding hydrogens is 426 g/mol. The van der Waals surface area contributed by atoms with Crippen LogP contribution in [-0.2, 0) is 16.0 Å². The van der Waals surface area contributed by atoms with Gasteiger partial charge in [0.05, 0.1) is 29.6 Å². The fourth-order valence-electron chi connectivity index (χ4n) is 3.94. The van der Waals surface area contributed by atoms with Gasteiger partial charge < -0.3 is 20.3 Å². The number of benzene rings is 3. The van der Waals surface area contributed by atoms with Crippen LogP contribution in [0.1, 0.15) is 34.0 Å². The second-order valence-corrected chi connectivity index (χ2v) is 8.66. The van der Waals surface area contributed by atoms with Crippen molar-refractivity contribution in [3.63, 3.8) is 0 Å². The Morgan fingerprint density at radius 3 is 2.35 bits per heavy atom. The van der Waals surface area contributed by atoms with Gasteiger partial charge in [-0.2, -0.15) is 0 Å². The molecule has 0 aromatic heterocycles. The number of carbonyl (C=O) groups is 2. The summed E-state index contributed by atoms with van der Waals surface area (Å²) in [6, 6.07) is 23.6. The highest BCUT2D eigenvalue weighted by Gasteiger charge is 2.29. The van der Waals surface area contributed by atoms with Gasteiger partial charge in [-0.1, -0.05) is 48.5 Å². The average molecular weight is 456 g/mol. The third-order valence-corrected chi connectivity index (χ3v) is 6.13. The Balaban J connectivity index is 1.73. The van der Waals surface area contributed by atoms with Gasteiger partial charge in [0.1, 0.15) is 0 Å². The monoisotopic (exact) mass is 455 g/mol. The Morgan fingerprint density at radius 1 is 1.00 bits per heavy atom. The Morgan fingerprint density at radius 2 is 1.71 bits per heavy atom. The van der Waals surface area contributed by atoms with Crippen LogP contribution in [-0.4, -0.2) is 44.0 Å². The van der Waals surface area contributed by atoms with Crippen molar-refractivity contribution in [2.45, 2.75) is 19.4 Å². The predicted molar refractivity (Wildman–Crippen MR) is 137 cm³/mol. The smallest absolute Gasteiger partial charge is 0.337 e. The van der Waals surface area contributed by atoms with Crippen molar-refractivity contribution in [1.29, 1.82) is 0 Å². The number of carbonyl (C=O) groups excluding carboxylic acids is 2. The molecule has 4 rings (SSSR count). The highest BCUT2D eigenvalue weighted by atomic mass is 16.5. The van der Waals surface area contributed by atoms with Crippen LogP contribution in [0.25, 0.3) is 11.3 Å². The number of nitrogens with zero attached hydrogens (tertiary/aromatic N) is 1. The normalized spacial score (nSPS) is 14.9. The minimum atomic E-state index is -0.445. The molecule has 34 heavy (non-hydrogen) atoms. The molecule has 0 radical (unpaired) electrons. The van der Waals surface area contributed by atoms with Gasteiger partial charge in [-0.25, -0.2) is 4.79 Å². The van der Waals surface area contributed by atoms with Crippen LogP contribution in [0.15, 0.2) is 72.8 Å². The van der Waals surface area contributed by atoms with E-state index in [9.17, 15) is 9.59 Å². The standard InChI is InChI=1S/C28H29N3O3/c1-18(31(2)3)16-19-10-13-22(14-11-19)29-26(20-8-6-5-7-9-20)25-23-15-12-21(28(33)34-4)17-24(23)30-27(25)32/h5-15,17-18,29H,16H2,1-4H3,(H,30,32)/b26-25-. The van der Waals surface area contributed by atoms with Gasteiger partial charge in [0.2, 0.25) is 0 Å². The van der Waals surface area contributed by atoms with Crippen LogP contribution in [0.4, 0.5) is 11.4 Å². The number of anilines is 2. The number of nitrogens with one attached hydrogen (secondary N) is 2. The summed E-state index contributed by atoms with van der Waals surface area (Å²) in [5.74, 6) is -0.667. The number of rotatable bonds is 7. The van der Waals surface area contributed by atoms with Crippen molar-refractivity contribution in [3.8, 4) is 0 Å². The first kappa shape index (κ1) is 23.3. The predicted octanol–water partition coefficient (Wildman–Crippen LogP) is 4.90. The lowest BCUT2D eigenvalue weighted by Crippen LogP contribution is -2.26. The van der Waals surface area contributed by atoms with Crippen molar-refractivity contribution < 1.29 is 14.3 Å². The molecule has 3 aromatic carbocycles. The second kappa shape index (κ2) is 9.93. The van der Waals surface area contributed by atoms with E-state index in [1.807, 2.05) is 42.5 Å². The summed E-state index contributed by atoms with van der Waals surface area (Å²) in [7, 11) is 5.50. The number of likely N-dealkylation sites (N-methyl/N-ethyl adjacent to an activating group) is 1. The largest absolute Gasteiger partial charge is 0.465 e. The maximum atomic E-state index is 13.1. The van der Waals surface area contributed by atoms with E-state index in [0.29, 0.717) is 28.6 Å². The third kappa shape index (κ3) is 4.87. The topological polar surface area (TPSA) is 70.7 Å². The molecule has 2 N–H and O–H groups in total. The summed E-state index contributed by atoms with van der Waals surface area (Å²) in [4.78, 5) is 27.2. The van der Waals surface area contributed by atoms with Crippen LogP contribution in [0.2, 0.25) is 0 Å². The van der Waals surface area contributed by atoms with E-state index in [1.165, 1.54) is 12.7 Å². The Bertz CT molecular complexity index is 1230. The van der Waals surface area contributed by atoms with Crippen LogP contribution in [0.3, 0.4) is 0 Å². The molecule has 3 aromatic rings. The van der Waals surface area contributed by atoms with E-state index >= 15 is 0 Å². The molecule has 1 heterocycles. The van der Waals surface area contributed by atoms with Gasteiger partial charge in [-0.3, -0.25) is 4.79 Å². The summed E-state index contributed by atoms with van der Waals surface area (Å²) in [5.41, 5.74) is 5.98. The quantitative estimate of drug-likeness (QED) is 0.392. The Hall–Kier alpha value is -3.90. The summed E-state index contributed by atoms with van der Waals surface area (Å²) >= 11 is 0. The van der Waals surface area contributed by atoms with Crippen LogP contribution < -0.4 is 10.6 Å². The molecule has 1 aliphatic rings. The van der Waals surface area contributed by atoms with Crippen molar-refractivity contribution in [1.82, 2.24) is 4.90 Å². The fourth-order valence-corrected chi connectivity index (χ4v) is 3.94. The zero-order valence-electron chi connectivity index (χ0n) is 19.9. The summed E-state index contributed by atoms with van der Waals surface area (Å²) < 4.78 is 4.81. The molecule has 174 valence electrons. The first-order valence-corrected chi connectivity index (χ1v) is 11.2. The molecule has 0 aliphatic carbocycles. The average Bonchev–Trinajstić information content (AvgIpc) is 3.18. The maximum Gasteiger partial charge on any atom is 0.337 e. The van der Waals surface area contributed by atoms with Crippen molar-refractivity contribution in [2.75, 3.05) is 31.8 Å². The highest BCUT2D eigenvalue weighted by molar-refractivity contribution is 6.37. The number of hydrogen-bond acceptors (Lipinski definition) is 5. The number of fused-ring (bicyclic) bond motifs is 1. The molecule has 1 unspecified atom stereocenters. The first-order chi connectivity index (χ1) is 16.4. The van der Waals surface area contributed by atoms with Crippen molar-refractivity contribution in [2.24, 2.45) is 0 Å². The number of methoxy groups -OCH3 is 1. The van der Waals surface area contributed by atoms with Gasteiger partial charge >= 0.3 is 5.97 Å². The van der Waals surface area contributed by atoms with E-state index in [-0.39, 0.29) is 5.91 Å². The van der Waals surface area contributed by atoms with Crippen LogP contribution in [0.5, 0.6) is 0 Å². The molecule has 0 saturated carbocycles. The van der Waals surface area contributed by atoms with Gasteiger partial charge in [-0.15, -0.1) is 0 Å². The van der Waals surface area contributed by atoms with Gasteiger partial charge in [0.25, 0.3) is 5.91 Å². The maximum absolute atomic E-state index is 13.1. The van der Waals surface area contributed by atoms with Crippen molar-refractivity contribution in [3.05, 3.63) is 95.1 Å². The van der Waals surface area contributed by atoms with Crippen LogP contribution in [0, 0.1) is 0 Å². The third-order valence-electron chi connectivity index (χ3n) is 6.13. The molecule has 0 bridgehead atoms. The van der Waals surface area contributed by atoms with E-state index < -0.39 is 5.97 Å². The van der Waals surface area contributed by atoms with Crippen molar-refractivity contribution >= 4 is 34.5 Å². The van der Waals surface area contributed by atoms with E-state index in [1.54, 1.807) is 18.2 Å². The summed E-state index contributed by atoms with van der Waals surface area (Å²) in [5, 5.41) is 6.37. The molecular formula is C28H29N3O3. The SMILES string of the molecule is COC(=O)c1ccc2c(c1)NC(=O)/C2=C(\Nc1ccc(CC(C)N(C)C)cc1)c1ccccc1. The number of esters is 1. The van der Waals surface area contributed by atoms with Gasteiger partial charge in [-0.05, 0) is 62.8 Å². The lowest BCUT2D eigenvalue weighted by atomic mass is 9.99. The Kier molecular flexibility index (Phi) is 6.80. The van der Waals surface area contributed by atoms with E-state index in [4.69, 9.17) is 4.74 Å². The molecule has 1 aliphatic heterocycles. The zero-order valence-corrected chi connectivity index (χ0v) is 19.9. The molecule has 0 spiro atoms. The van der Waals surface area contributed by atoms with Crippen LogP contribution >= 0.6 is 0 Å². The molecule has 6 heteroatoms. The summed E-state index contributed by atoms with van der Waals surface area (Å²) in [6.45, 7) is 2.20. The zero-order chi connectivity index (χ0) is 24.2. The molecule has 6 nitrogen and oxygen atoms in total. The van der Waals surface area contributed by atoms with E-state index in [0.717, 1.165) is 23.2 Å². The summed E-state index contributed by atoms with van der Waals surface area (Å²) in [6.07, 6.45) is 0.957. The van der Waals surface area contributed by atoms with Gasteiger partial charge in [0, 0.05) is 17.3 Å². The lowest BCUT2D eigenvalue weighted by molar-refractivity contribution is -0.110. The number of hydrogen-bond donors (Lipinski definition) is 2. The molecule has 0 fully saturated rings. The fraction of sp³-hybridized carbons (Fsp3) is 0.214. The number of ether oxygens (including phenoxy) is 1. The Labute approximate surface area is 200 Å². The highest BCUT2D eigenvalue weighted by Crippen LogP contribution is 2.38. The first-order valence-electron chi connectivity index (χ1n) is 11.2. The number of amides is 1. The minimum Gasteiger partial charge on any atom is -0.465 e. The van der Waals surface area contributed by atoms with Gasteiger partial charge in [0.15, 0.2) is 0 Å².